The number of rotatable bonds is 13. The Morgan fingerprint density at radius 1 is 1.11 bits per heavy atom. The van der Waals surface area contributed by atoms with Gasteiger partial charge in [-0.2, -0.15) is 5.26 Å². The maximum Gasteiger partial charge on any atom is 0.408 e. The molecule has 0 radical (unpaired) electrons. The molecule has 38 heavy (non-hydrogen) atoms. The highest BCUT2D eigenvalue weighted by atomic mass is 16.5. The van der Waals surface area contributed by atoms with E-state index in [-0.39, 0.29) is 37.2 Å². The van der Waals surface area contributed by atoms with Crippen LogP contribution in [-0.4, -0.2) is 59.7 Å². The average molecular weight is 530 g/mol. The van der Waals surface area contributed by atoms with Crippen molar-refractivity contribution in [3.8, 4) is 6.07 Å². The summed E-state index contributed by atoms with van der Waals surface area (Å²) in [5.41, 5.74) is 0.797. The molecule has 0 aliphatic carbocycles. The SMILES string of the molecule is CC(C)C[C@H](NC(=O)[C@@H](NC(=O)OCc1ccccc1)C(C)C)C(=O)N[C@@H](C[C@@H]1CCNC1=O)C(O)C#N. The van der Waals surface area contributed by atoms with Crippen LogP contribution in [0.4, 0.5) is 4.79 Å². The summed E-state index contributed by atoms with van der Waals surface area (Å²) in [5.74, 6) is -2.06. The summed E-state index contributed by atoms with van der Waals surface area (Å²) >= 11 is 0. The van der Waals surface area contributed by atoms with E-state index < -0.39 is 48.1 Å². The molecule has 0 aromatic heterocycles. The lowest BCUT2D eigenvalue weighted by atomic mass is 9.94. The van der Waals surface area contributed by atoms with Gasteiger partial charge in [0, 0.05) is 12.5 Å². The fourth-order valence-electron chi connectivity index (χ4n) is 4.21. The third kappa shape index (κ3) is 9.67. The summed E-state index contributed by atoms with van der Waals surface area (Å²) in [5, 5.41) is 30.1. The van der Waals surface area contributed by atoms with Gasteiger partial charge in [0.1, 0.15) is 18.7 Å². The van der Waals surface area contributed by atoms with E-state index in [1.54, 1.807) is 19.9 Å². The summed E-state index contributed by atoms with van der Waals surface area (Å²) in [6, 6.07) is 7.89. The number of carbonyl (C=O) groups is 4. The second-order valence-electron chi connectivity index (χ2n) is 10.3. The molecule has 0 bridgehead atoms. The smallest absolute Gasteiger partial charge is 0.408 e. The summed E-state index contributed by atoms with van der Waals surface area (Å²) in [7, 11) is 0. The van der Waals surface area contributed by atoms with Crippen LogP contribution in [0.25, 0.3) is 0 Å². The van der Waals surface area contributed by atoms with E-state index in [0.717, 1.165) is 5.56 Å². The molecule has 11 heteroatoms. The van der Waals surface area contributed by atoms with Gasteiger partial charge in [0.25, 0.3) is 0 Å². The lowest BCUT2D eigenvalue weighted by Gasteiger charge is -2.28. The molecule has 1 aliphatic heterocycles. The molecular weight excluding hydrogens is 490 g/mol. The first kappa shape index (κ1) is 30.6. The number of alkyl carbamates (subject to hydrolysis) is 1. The maximum absolute atomic E-state index is 13.2. The number of nitriles is 1. The van der Waals surface area contributed by atoms with Crippen LogP contribution < -0.4 is 21.3 Å². The molecule has 0 spiro atoms. The van der Waals surface area contributed by atoms with Crippen molar-refractivity contribution in [3.63, 3.8) is 0 Å². The van der Waals surface area contributed by atoms with Crippen LogP contribution in [0.5, 0.6) is 0 Å². The van der Waals surface area contributed by atoms with Gasteiger partial charge in [-0.15, -0.1) is 0 Å². The quantitative estimate of drug-likeness (QED) is 0.240. The predicted octanol–water partition coefficient (Wildman–Crippen LogP) is 1.36. The summed E-state index contributed by atoms with van der Waals surface area (Å²) in [6.07, 6.45) is -1.37. The Kier molecular flexibility index (Phi) is 12.0. The highest BCUT2D eigenvalue weighted by Crippen LogP contribution is 2.18. The Hall–Kier alpha value is -3.65. The first-order valence-corrected chi connectivity index (χ1v) is 12.9. The van der Waals surface area contributed by atoms with Gasteiger partial charge in [0.05, 0.1) is 12.1 Å². The minimum Gasteiger partial charge on any atom is -0.445 e. The van der Waals surface area contributed by atoms with Crippen molar-refractivity contribution in [2.45, 2.75) is 77.8 Å². The molecule has 5 N–H and O–H groups in total. The lowest BCUT2D eigenvalue weighted by Crippen LogP contribution is -2.57. The van der Waals surface area contributed by atoms with E-state index >= 15 is 0 Å². The van der Waals surface area contributed by atoms with Crippen molar-refractivity contribution in [2.24, 2.45) is 17.8 Å². The van der Waals surface area contributed by atoms with Crippen molar-refractivity contribution in [1.82, 2.24) is 21.3 Å². The van der Waals surface area contributed by atoms with Crippen LogP contribution in [0.2, 0.25) is 0 Å². The van der Waals surface area contributed by atoms with Gasteiger partial charge >= 0.3 is 6.09 Å². The molecule has 5 atom stereocenters. The Labute approximate surface area is 223 Å². The Morgan fingerprint density at radius 2 is 1.79 bits per heavy atom. The molecule has 1 unspecified atom stereocenters. The average Bonchev–Trinajstić information content (AvgIpc) is 3.28. The van der Waals surface area contributed by atoms with Crippen LogP contribution in [-0.2, 0) is 25.7 Å². The second-order valence-corrected chi connectivity index (χ2v) is 10.3. The standard InChI is InChI=1S/C27H39N5O6/c1-16(2)12-21(25(35)30-20(22(33)14-28)13-19-10-11-29-24(19)34)31-26(36)23(17(3)4)32-27(37)38-15-18-8-6-5-7-9-18/h5-9,16-17,19-23,33H,10-13,15H2,1-4H3,(H,29,34)(H,30,35)(H,31,36)(H,32,37)/t19-,20-,21-,22?,23-/m0/s1. The van der Waals surface area contributed by atoms with Crippen LogP contribution in [0.1, 0.15) is 52.5 Å². The second kappa shape index (κ2) is 14.9. The number of ether oxygens (including phenoxy) is 1. The van der Waals surface area contributed by atoms with E-state index in [1.165, 1.54) is 0 Å². The summed E-state index contributed by atoms with van der Waals surface area (Å²) in [6.45, 7) is 7.82. The molecule has 208 valence electrons. The number of carbonyl (C=O) groups excluding carboxylic acids is 4. The Morgan fingerprint density at radius 3 is 2.34 bits per heavy atom. The summed E-state index contributed by atoms with van der Waals surface area (Å²) in [4.78, 5) is 50.8. The molecular formula is C27H39N5O6. The molecule has 1 saturated heterocycles. The first-order valence-electron chi connectivity index (χ1n) is 12.9. The Bertz CT molecular complexity index is 993. The van der Waals surface area contributed by atoms with Crippen molar-refractivity contribution < 1.29 is 29.0 Å². The van der Waals surface area contributed by atoms with Crippen LogP contribution in [0, 0.1) is 29.1 Å². The minimum atomic E-state index is -1.52. The molecule has 1 fully saturated rings. The molecule has 1 aliphatic rings. The third-order valence-electron chi connectivity index (χ3n) is 6.32. The number of nitrogens with zero attached hydrogens (tertiary/aromatic N) is 1. The number of amides is 4. The van der Waals surface area contributed by atoms with Gasteiger partial charge in [0.15, 0.2) is 6.10 Å². The minimum absolute atomic E-state index is 0.0206. The Balaban J connectivity index is 2.06. The number of hydrogen-bond donors (Lipinski definition) is 5. The molecule has 0 saturated carbocycles. The maximum atomic E-state index is 13.2. The van der Waals surface area contributed by atoms with Crippen LogP contribution in [0.15, 0.2) is 30.3 Å². The van der Waals surface area contributed by atoms with Gasteiger partial charge in [-0.3, -0.25) is 14.4 Å². The molecule has 2 rings (SSSR count). The van der Waals surface area contributed by atoms with Gasteiger partial charge < -0.3 is 31.1 Å². The normalized spacial score (nSPS) is 18.1. The van der Waals surface area contributed by atoms with Gasteiger partial charge in [-0.1, -0.05) is 58.0 Å². The van der Waals surface area contributed by atoms with Crippen LogP contribution in [0.3, 0.4) is 0 Å². The van der Waals surface area contributed by atoms with E-state index in [2.05, 4.69) is 21.3 Å². The fraction of sp³-hybridized carbons (Fsp3) is 0.593. The van der Waals surface area contributed by atoms with Gasteiger partial charge in [-0.05, 0) is 36.7 Å². The fourth-order valence-corrected chi connectivity index (χ4v) is 4.21. The summed E-state index contributed by atoms with van der Waals surface area (Å²) < 4.78 is 5.24. The molecule has 1 heterocycles. The molecule has 4 amide bonds. The van der Waals surface area contributed by atoms with E-state index in [0.29, 0.717) is 13.0 Å². The van der Waals surface area contributed by atoms with Crippen molar-refractivity contribution in [2.75, 3.05) is 6.54 Å². The van der Waals surface area contributed by atoms with Crippen molar-refractivity contribution >= 4 is 23.8 Å². The topological polar surface area (TPSA) is 170 Å². The van der Waals surface area contributed by atoms with Crippen molar-refractivity contribution in [3.05, 3.63) is 35.9 Å². The molecule has 1 aromatic carbocycles. The largest absolute Gasteiger partial charge is 0.445 e. The number of benzene rings is 1. The number of nitrogens with one attached hydrogen (secondary N) is 4. The monoisotopic (exact) mass is 529 g/mol. The van der Waals surface area contributed by atoms with Crippen LogP contribution >= 0.6 is 0 Å². The highest BCUT2D eigenvalue weighted by molar-refractivity contribution is 5.91. The van der Waals surface area contributed by atoms with Gasteiger partial charge in [0.2, 0.25) is 17.7 Å². The van der Waals surface area contributed by atoms with E-state index in [4.69, 9.17) is 4.74 Å². The lowest BCUT2D eigenvalue weighted by molar-refractivity contribution is -0.131. The third-order valence-corrected chi connectivity index (χ3v) is 6.32. The number of aliphatic hydroxyl groups is 1. The zero-order valence-electron chi connectivity index (χ0n) is 22.4. The van der Waals surface area contributed by atoms with E-state index in [9.17, 15) is 29.5 Å². The van der Waals surface area contributed by atoms with E-state index in [1.807, 2.05) is 44.2 Å². The number of hydrogen-bond acceptors (Lipinski definition) is 7. The number of aliphatic hydroxyl groups excluding tert-OH is 1. The van der Waals surface area contributed by atoms with Gasteiger partial charge in [-0.25, -0.2) is 4.79 Å². The zero-order valence-corrected chi connectivity index (χ0v) is 22.4. The first-order chi connectivity index (χ1) is 18.0. The zero-order chi connectivity index (χ0) is 28.2. The van der Waals surface area contributed by atoms with Crippen molar-refractivity contribution in [1.29, 1.82) is 5.26 Å². The highest BCUT2D eigenvalue weighted by Gasteiger charge is 2.34. The molecule has 1 aromatic rings. The predicted molar refractivity (Wildman–Crippen MR) is 139 cm³/mol. The molecule has 11 nitrogen and oxygen atoms in total.